The highest BCUT2D eigenvalue weighted by Crippen LogP contribution is 2.27. The van der Waals surface area contributed by atoms with Crippen LogP contribution in [0.1, 0.15) is 16.6 Å². The summed E-state index contributed by atoms with van der Waals surface area (Å²) < 4.78 is 28.2. The smallest absolute Gasteiger partial charge is 0.163 e. The maximum Gasteiger partial charge on any atom is 0.163 e. The quantitative estimate of drug-likeness (QED) is 0.574. The lowest BCUT2D eigenvalue weighted by Crippen LogP contribution is -2.30. The predicted molar refractivity (Wildman–Crippen MR) is 79.7 cm³/mol. The molecule has 3 N–H and O–H groups in total. The minimum atomic E-state index is -0.878. The van der Waals surface area contributed by atoms with Gasteiger partial charge in [0, 0.05) is 12.0 Å². The third-order valence-electron chi connectivity index (χ3n) is 3.27. The van der Waals surface area contributed by atoms with E-state index in [1.54, 1.807) is 0 Å². The second-order valence-corrected chi connectivity index (χ2v) is 5.76. The largest absolute Gasteiger partial charge is 0.271 e. The molecule has 3 nitrogen and oxygen atoms in total. The van der Waals surface area contributed by atoms with Gasteiger partial charge in [-0.15, -0.1) is 11.3 Å². The SMILES string of the molecule is NNC(Cc1nc2ccccc2s1)c1cccc(F)c1F. The topological polar surface area (TPSA) is 50.9 Å². The maximum atomic E-state index is 13.9. The van der Waals surface area contributed by atoms with E-state index in [0.29, 0.717) is 6.42 Å². The first-order valence-electron chi connectivity index (χ1n) is 6.43. The lowest BCUT2D eigenvalue weighted by atomic mass is 10.0. The lowest BCUT2D eigenvalue weighted by Gasteiger charge is -2.15. The van der Waals surface area contributed by atoms with Crippen LogP contribution in [0.15, 0.2) is 42.5 Å². The van der Waals surface area contributed by atoms with E-state index in [4.69, 9.17) is 5.84 Å². The molecule has 0 aliphatic heterocycles. The van der Waals surface area contributed by atoms with Gasteiger partial charge in [-0.05, 0) is 18.2 Å². The van der Waals surface area contributed by atoms with Gasteiger partial charge in [0.1, 0.15) is 0 Å². The monoisotopic (exact) mass is 305 g/mol. The first-order chi connectivity index (χ1) is 10.2. The zero-order valence-corrected chi connectivity index (χ0v) is 11.8. The van der Waals surface area contributed by atoms with E-state index in [1.807, 2.05) is 24.3 Å². The fourth-order valence-electron chi connectivity index (χ4n) is 2.23. The number of aromatic nitrogens is 1. The number of hydrazine groups is 1. The summed E-state index contributed by atoms with van der Waals surface area (Å²) in [6.45, 7) is 0. The Bertz CT molecular complexity index is 739. The highest BCUT2D eigenvalue weighted by Gasteiger charge is 2.19. The van der Waals surface area contributed by atoms with Crippen LogP contribution in [-0.4, -0.2) is 4.98 Å². The second kappa shape index (κ2) is 5.85. The molecule has 0 aliphatic rings. The van der Waals surface area contributed by atoms with Crippen molar-refractivity contribution >= 4 is 21.6 Å². The molecule has 0 spiro atoms. The van der Waals surface area contributed by atoms with Gasteiger partial charge in [0.15, 0.2) is 11.6 Å². The maximum absolute atomic E-state index is 13.9. The molecule has 108 valence electrons. The van der Waals surface area contributed by atoms with E-state index in [-0.39, 0.29) is 5.56 Å². The van der Waals surface area contributed by atoms with Crippen LogP contribution in [0, 0.1) is 11.6 Å². The molecule has 0 saturated heterocycles. The number of thiazole rings is 1. The summed E-state index contributed by atoms with van der Waals surface area (Å²) >= 11 is 1.52. The van der Waals surface area contributed by atoms with Crippen LogP contribution in [0.4, 0.5) is 8.78 Å². The number of nitrogens with one attached hydrogen (secondary N) is 1. The van der Waals surface area contributed by atoms with Crippen molar-refractivity contribution in [3.05, 3.63) is 64.7 Å². The van der Waals surface area contributed by atoms with Crippen molar-refractivity contribution in [2.24, 2.45) is 5.84 Å². The van der Waals surface area contributed by atoms with E-state index in [2.05, 4.69) is 10.4 Å². The number of para-hydroxylation sites is 1. The summed E-state index contributed by atoms with van der Waals surface area (Å²) in [7, 11) is 0. The van der Waals surface area contributed by atoms with Gasteiger partial charge in [0.05, 0.1) is 21.3 Å². The zero-order chi connectivity index (χ0) is 14.8. The fraction of sp³-hybridized carbons (Fsp3) is 0.133. The van der Waals surface area contributed by atoms with Gasteiger partial charge in [-0.1, -0.05) is 24.3 Å². The lowest BCUT2D eigenvalue weighted by molar-refractivity contribution is 0.464. The molecule has 0 bridgehead atoms. The average molecular weight is 305 g/mol. The molecule has 6 heteroatoms. The Morgan fingerprint density at radius 1 is 1.14 bits per heavy atom. The van der Waals surface area contributed by atoms with Crippen molar-refractivity contribution in [3.63, 3.8) is 0 Å². The predicted octanol–water partition coefficient (Wildman–Crippen LogP) is 3.32. The van der Waals surface area contributed by atoms with E-state index >= 15 is 0 Å². The molecule has 0 radical (unpaired) electrons. The number of hydrogen-bond donors (Lipinski definition) is 2. The Balaban J connectivity index is 1.92. The van der Waals surface area contributed by atoms with Crippen molar-refractivity contribution in [2.75, 3.05) is 0 Å². The summed E-state index contributed by atoms with van der Waals surface area (Å²) in [5, 5.41) is 0.822. The summed E-state index contributed by atoms with van der Waals surface area (Å²) in [4.78, 5) is 4.48. The molecule has 3 aromatic rings. The van der Waals surface area contributed by atoms with E-state index in [9.17, 15) is 8.78 Å². The van der Waals surface area contributed by atoms with E-state index in [1.165, 1.54) is 23.5 Å². The highest BCUT2D eigenvalue weighted by molar-refractivity contribution is 7.18. The van der Waals surface area contributed by atoms with Gasteiger partial charge >= 0.3 is 0 Å². The molecule has 1 aromatic heterocycles. The summed E-state index contributed by atoms with van der Waals surface area (Å²) in [6, 6.07) is 11.3. The molecule has 2 aromatic carbocycles. The van der Waals surface area contributed by atoms with Crippen molar-refractivity contribution in [2.45, 2.75) is 12.5 Å². The Kier molecular flexibility index (Phi) is 3.92. The summed E-state index contributed by atoms with van der Waals surface area (Å²) in [5.41, 5.74) is 3.64. The number of rotatable bonds is 4. The molecule has 0 amide bonds. The van der Waals surface area contributed by atoms with Crippen LogP contribution >= 0.6 is 11.3 Å². The van der Waals surface area contributed by atoms with Crippen LogP contribution in [0.5, 0.6) is 0 Å². The van der Waals surface area contributed by atoms with Gasteiger partial charge in [-0.2, -0.15) is 0 Å². The number of fused-ring (bicyclic) bond motifs is 1. The van der Waals surface area contributed by atoms with Crippen LogP contribution < -0.4 is 11.3 Å². The summed E-state index contributed by atoms with van der Waals surface area (Å²) in [6.07, 6.45) is 0.399. The van der Waals surface area contributed by atoms with Crippen LogP contribution in [0.2, 0.25) is 0 Å². The van der Waals surface area contributed by atoms with Crippen LogP contribution in [-0.2, 0) is 6.42 Å². The van der Waals surface area contributed by atoms with Crippen molar-refractivity contribution < 1.29 is 8.78 Å². The number of halogens is 2. The minimum Gasteiger partial charge on any atom is -0.271 e. The Labute approximate surface area is 124 Å². The number of nitrogens with two attached hydrogens (primary N) is 1. The van der Waals surface area contributed by atoms with Gasteiger partial charge < -0.3 is 0 Å². The molecular weight excluding hydrogens is 292 g/mol. The molecule has 1 atom stereocenters. The third-order valence-corrected chi connectivity index (χ3v) is 4.33. The number of hydrogen-bond acceptors (Lipinski definition) is 4. The second-order valence-electron chi connectivity index (χ2n) is 4.64. The molecule has 0 aliphatic carbocycles. The van der Waals surface area contributed by atoms with Gasteiger partial charge in [0.2, 0.25) is 0 Å². The first kappa shape index (κ1) is 14.1. The van der Waals surface area contributed by atoms with Crippen molar-refractivity contribution in [3.8, 4) is 0 Å². The molecule has 0 saturated carbocycles. The van der Waals surface area contributed by atoms with Crippen LogP contribution in [0.3, 0.4) is 0 Å². The average Bonchev–Trinajstić information content (AvgIpc) is 2.90. The fourth-order valence-corrected chi connectivity index (χ4v) is 3.24. The Morgan fingerprint density at radius 3 is 2.71 bits per heavy atom. The van der Waals surface area contributed by atoms with E-state index < -0.39 is 17.7 Å². The highest BCUT2D eigenvalue weighted by atomic mass is 32.1. The molecule has 0 fully saturated rings. The zero-order valence-electron chi connectivity index (χ0n) is 11.0. The Hall–Kier alpha value is -1.89. The number of benzene rings is 2. The first-order valence-corrected chi connectivity index (χ1v) is 7.25. The molecule has 21 heavy (non-hydrogen) atoms. The third kappa shape index (κ3) is 2.78. The normalized spacial score (nSPS) is 12.7. The Morgan fingerprint density at radius 2 is 1.95 bits per heavy atom. The van der Waals surface area contributed by atoms with Gasteiger partial charge in [-0.3, -0.25) is 11.3 Å². The standard InChI is InChI=1S/C15H13F2N3S/c16-10-5-3-4-9(15(10)17)12(20-18)8-14-19-11-6-1-2-7-13(11)21-14/h1-7,12,20H,8,18H2. The number of nitrogens with zero attached hydrogens (tertiary/aromatic N) is 1. The van der Waals surface area contributed by atoms with Crippen molar-refractivity contribution in [1.29, 1.82) is 0 Å². The summed E-state index contributed by atoms with van der Waals surface area (Å²) in [5.74, 6) is 3.75. The minimum absolute atomic E-state index is 0.205. The van der Waals surface area contributed by atoms with E-state index in [0.717, 1.165) is 21.3 Å². The molecular formula is C15H13F2N3S. The molecule has 3 rings (SSSR count). The molecule has 1 unspecified atom stereocenters. The van der Waals surface area contributed by atoms with Gasteiger partial charge in [0.25, 0.3) is 0 Å². The molecule has 1 heterocycles. The van der Waals surface area contributed by atoms with Crippen LogP contribution in [0.25, 0.3) is 10.2 Å². The van der Waals surface area contributed by atoms with Crippen molar-refractivity contribution in [1.82, 2.24) is 10.4 Å². The van der Waals surface area contributed by atoms with Gasteiger partial charge in [-0.25, -0.2) is 13.8 Å².